The molecular formula is C19H21N3O3S2. The Bertz CT molecular complexity index is 942. The summed E-state index contributed by atoms with van der Waals surface area (Å²) in [7, 11) is 0. The molecule has 1 N–H and O–H groups in total. The lowest BCUT2D eigenvalue weighted by Crippen LogP contribution is -2.33. The summed E-state index contributed by atoms with van der Waals surface area (Å²) < 4.78 is 6.72. The van der Waals surface area contributed by atoms with Crippen molar-refractivity contribution < 1.29 is 14.3 Å². The van der Waals surface area contributed by atoms with Crippen molar-refractivity contribution in [3.8, 4) is 20.5 Å². The van der Waals surface area contributed by atoms with E-state index in [0.29, 0.717) is 6.61 Å². The van der Waals surface area contributed by atoms with Gasteiger partial charge in [0.1, 0.15) is 13.1 Å². The molecule has 0 saturated heterocycles. The van der Waals surface area contributed by atoms with E-state index in [2.05, 4.69) is 27.8 Å². The number of rotatable bonds is 7. The van der Waals surface area contributed by atoms with Crippen molar-refractivity contribution in [2.24, 2.45) is 0 Å². The molecule has 0 bridgehead atoms. The van der Waals surface area contributed by atoms with E-state index in [1.165, 1.54) is 9.75 Å². The molecule has 0 aromatic carbocycles. The van der Waals surface area contributed by atoms with Gasteiger partial charge in [0.15, 0.2) is 5.82 Å². The molecular weight excluding hydrogens is 382 g/mol. The molecule has 3 heterocycles. The Morgan fingerprint density at radius 1 is 1.19 bits per heavy atom. The predicted octanol–water partition coefficient (Wildman–Crippen LogP) is 3.64. The van der Waals surface area contributed by atoms with Crippen LogP contribution in [-0.4, -0.2) is 34.6 Å². The van der Waals surface area contributed by atoms with E-state index in [1.807, 2.05) is 30.5 Å². The number of amides is 1. The maximum atomic E-state index is 12.3. The summed E-state index contributed by atoms with van der Waals surface area (Å²) in [6.07, 6.45) is 0. The zero-order valence-corrected chi connectivity index (χ0v) is 17.1. The number of carbonyl (C=O) groups is 2. The third-order valence-corrected chi connectivity index (χ3v) is 6.23. The average molecular weight is 404 g/mol. The van der Waals surface area contributed by atoms with Gasteiger partial charge in [-0.15, -0.1) is 22.7 Å². The van der Waals surface area contributed by atoms with Gasteiger partial charge >= 0.3 is 5.97 Å². The fourth-order valence-corrected chi connectivity index (χ4v) is 4.47. The van der Waals surface area contributed by atoms with Crippen molar-refractivity contribution in [3.63, 3.8) is 0 Å². The number of hydrogen-bond acceptors (Lipinski definition) is 6. The lowest BCUT2D eigenvalue weighted by atomic mass is 10.3. The molecule has 0 saturated carbocycles. The van der Waals surface area contributed by atoms with Gasteiger partial charge in [0.05, 0.1) is 17.2 Å². The van der Waals surface area contributed by atoms with E-state index < -0.39 is 5.97 Å². The van der Waals surface area contributed by atoms with Crippen molar-refractivity contribution >= 4 is 34.6 Å². The highest BCUT2D eigenvalue weighted by molar-refractivity contribution is 7.23. The molecule has 1 amide bonds. The quantitative estimate of drug-likeness (QED) is 0.612. The van der Waals surface area contributed by atoms with Crippen LogP contribution in [0.2, 0.25) is 0 Å². The highest BCUT2D eigenvalue weighted by Gasteiger charge is 2.18. The number of imidazole rings is 1. The van der Waals surface area contributed by atoms with Crippen LogP contribution in [0, 0.1) is 13.8 Å². The number of carbonyl (C=O) groups excluding carboxylic acids is 2. The summed E-state index contributed by atoms with van der Waals surface area (Å²) in [6, 6.07) is 8.24. The van der Waals surface area contributed by atoms with Crippen LogP contribution in [0.5, 0.6) is 0 Å². The molecule has 0 aliphatic carbocycles. The molecule has 3 aromatic rings. The predicted molar refractivity (Wildman–Crippen MR) is 108 cm³/mol. The lowest BCUT2D eigenvalue weighted by Gasteiger charge is -2.10. The van der Waals surface area contributed by atoms with Gasteiger partial charge < -0.3 is 14.6 Å². The Morgan fingerprint density at radius 3 is 2.67 bits per heavy atom. The van der Waals surface area contributed by atoms with Crippen molar-refractivity contribution in [2.75, 3.05) is 13.2 Å². The SMILES string of the molecule is CCOC(=O)CNC(=O)Cn1c(-c2ccc(-c3cccs3)s2)nc(C)c1C. The number of ether oxygens (including phenoxy) is 1. The summed E-state index contributed by atoms with van der Waals surface area (Å²) in [6.45, 7) is 5.88. The van der Waals surface area contributed by atoms with Gasteiger partial charge in [-0.3, -0.25) is 9.59 Å². The molecule has 0 atom stereocenters. The van der Waals surface area contributed by atoms with E-state index in [0.717, 1.165) is 22.1 Å². The largest absolute Gasteiger partial charge is 0.465 e. The van der Waals surface area contributed by atoms with E-state index >= 15 is 0 Å². The topological polar surface area (TPSA) is 73.2 Å². The molecule has 0 spiro atoms. The standard InChI is InChI=1S/C19H21N3O3S2/c1-4-25-18(24)10-20-17(23)11-22-13(3)12(2)21-19(22)16-8-7-15(27-16)14-6-5-9-26-14/h5-9H,4,10-11H2,1-3H3,(H,20,23). The van der Waals surface area contributed by atoms with Gasteiger partial charge in [-0.1, -0.05) is 6.07 Å². The second kappa shape index (κ2) is 8.49. The fraction of sp³-hybridized carbons (Fsp3) is 0.316. The van der Waals surface area contributed by atoms with E-state index in [4.69, 9.17) is 4.74 Å². The van der Waals surface area contributed by atoms with Crippen LogP contribution >= 0.6 is 22.7 Å². The summed E-state index contributed by atoms with van der Waals surface area (Å²) >= 11 is 3.35. The van der Waals surface area contributed by atoms with Crippen LogP contribution in [0.4, 0.5) is 0 Å². The zero-order valence-electron chi connectivity index (χ0n) is 15.4. The van der Waals surface area contributed by atoms with Crippen LogP contribution in [-0.2, 0) is 20.9 Å². The third kappa shape index (κ3) is 4.45. The summed E-state index contributed by atoms with van der Waals surface area (Å²) in [5.74, 6) is 0.0763. The van der Waals surface area contributed by atoms with Gasteiger partial charge in [-0.2, -0.15) is 0 Å². The molecule has 0 radical (unpaired) electrons. The number of nitrogens with one attached hydrogen (secondary N) is 1. The Labute approximate surface area is 165 Å². The van der Waals surface area contributed by atoms with E-state index in [9.17, 15) is 9.59 Å². The molecule has 6 nitrogen and oxygen atoms in total. The molecule has 27 heavy (non-hydrogen) atoms. The molecule has 3 rings (SSSR count). The Kier molecular flexibility index (Phi) is 6.08. The van der Waals surface area contributed by atoms with Crippen LogP contribution in [0.1, 0.15) is 18.3 Å². The molecule has 0 aliphatic heterocycles. The summed E-state index contributed by atoms with van der Waals surface area (Å²) in [5.41, 5.74) is 1.82. The number of hydrogen-bond donors (Lipinski definition) is 1. The fourth-order valence-electron chi connectivity index (χ4n) is 2.63. The van der Waals surface area contributed by atoms with Gasteiger partial charge in [-0.05, 0) is 44.4 Å². The minimum atomic E-state index is -0.441. The molecule has 8 heteroatoms. The second-order valence-electron chi connectivity index (χ2n) is 5.92. The minimum Gasteiger partial charge on any atom is -0.465 e. The highest BCUT2D eigenvalue weighted by Crippen LogP contribution is 2.36. The maximum absolute atomic E-state index is 12.3. The van der Waals surface area contributed by atoms with Crippen molar-refractivity contribution in [2.45, 2.75) is 27.3 Å². The van der Waals surface area contributed by atoms with Gasteiger partial charge in [0.2, 0.25) is 5.91 Å². The van der Waals surface area contributed by atoms with Crippen molar-refractivity contribution in [1.29, 1.82) is 0 Å². The first-order chi connectivity index (χ1) is 13.0. The van der Waals surface area contributed by atoms with E-state index in [1.54, 1.807) is 29.6 Å². The van der Waals surface area contributed by atoms with Crippen LogP contribution in [0.3, 0.4) is 0 Å². The monoisotopic (exact) mass is 403 g/mol. The first-order valence-electron chi connectivity index (χ1n) is 8.59. The average Bonchev–Trinajstić information content (AvgIpc) is 3.37. The van der Waals surface area contributed by atoms with Gasteiger partial charge in [0, 0.05) is 15.4 Å². The Balaban J connectivity index is 1.79. The van der Waals surface area contributed by atoms with Gasteiger partial charge in [0.25, 0.3) is 0 Å². The first kappa shape index (κ1) is 19.3. The molecule has 0 unspecified atom stereocenters. The maximum Gasteiger partial charge on any atom is 0.325 e. The lowest BCUT2D eigenvalue weighted by molar-refractivity contribution is -0.143. The molecule has 0 aliphatic rings. The first-order valence-corrected chi connectivity index (χ1v) is 10.3. The smallest absolute Gasteiger partial charge is 0.325 e. The van der Waals surface area contributed by atoms with Crippen LogP contribution in [0.15, 0.2) is 29.6 Å². The number of thiophene rings is 2. The van der Waals surface area contributed by atoms with Gasteiger partial charge in [-0.25, -0.2) is 4.98 Å². The van der Waals surface area contributed by atoms with Crippen molar-refractivity contribution in [1.82, 2.24) is 14.9 Å². The number of nitrogens with zero attached hydrogens (tertiary/aromatic N) is 2. The van der Waals surface area contributed by atoms with Crippen molar-refractivity contribution in [3.05, 3.63) is 41.0 Å². The van der Waals surface area contributed by atoms with E-state index in [-0.39, 0.29) is 19.0 Å². The number of aromatic nitrogens is 2. The zero-order chi connectivity index (χ0) is 19.4. The normalized spacial score (nSPS) is 10.8. The van der Waals surface area contributed by atoms with Crippen LogP contribution in [0.25, 0.3) is 20.5 Å². The number of aryl methyl sites for hydroxylation is 1. The molecule has 3 aromatic heterocycles. The highest BCUT2D eigenvalue weighted by atomic mass is 32.1. The second-order valence-corrected chi connectivity index (χ2v) is 7.95. The summed E-state index contributed by atoms with van der Waals surface area (Å²) in [4.78, 5) is 31.8. The Morgan fingerprint density at radius 2 is 1.96 bits per heavy atom. The Hall–Kier alpha value is -2.45. The minimum absolute atomic E-state index is 0.105. The summed E-state index contributed by atoms with van der Waals surface area (Å²) in [5, 5.41) is 4.65. The molecule has 142 valence electrons. The molecule has 0 fully saturated rings. The van der Waals surface area contributed by atoms with Crippen LogP contribution < -0.4 is 5.32 Å². The number of esters is 1. The third-order valence-electron chi connectivity index (χ3n) is 4.09.